The van der Waals surface area contributed by atoms with E-state index in [9.17, 15) is 0 Å². The zero-order valence-electron chi connectivity index (χ0n) is 11.1. The fraction of sp³-hybridized carbons (Fsp3) is 0.846. The molecule has 0 aromatic carbocycles. The molecule has 1 heterocycles. The molecule has 1 saturated carbocycles. The number of hydrogen-bond acceptors (Lipinski definition) is 4. The summed E-state index contributed by atoms with van der Waals surface area (Å²) in [7, 11) is 0. The second-order valence-electron chi connectivity index (χ2n) is 5.35. The molecular formula is C13H23N3O. The summed E-state index contributed by atoms with van der Waals surface area (Å²) in [5.41, 5.74) is 0. The molecule has 1 aromatic rings. The summed E-state index contributed by atoms with van der Waals surface area (Å²) in [6.07, 6.45) is 4.82. The maximum Gasteiger partial charge on any atom is 0.240 e. The van der Waals surface area contributed by atoms with Crippen LogP contribution in [0.1, 0.15) is 64.1 Å². The average Bonchev–Trinajstić information content (AvgIpc) is 2.94. The van der Waals surface area contributed by atoms with Crippen LogP contribution < -0.4 is 5.32 Å². The molecule has 0 radical (unpaired) electrons. The highest BCUT2D eigenvalue weighted by molar-refractivity contribution is 4.99. The van der Waals surface area contributed by atoms with Crippen LogP contribution in [0.5, 0.6) is 0 Å². The van der Waals surface area contributed by atoms with Gasteiger partial charge in [-0.1, -0.05) is 19.0 Å². The van der Waals surface area contributed by atoms with E-state index in [-0.39, 0.29) is 0 Å². The first-order chi connectivity index (χ1) is 8.19. The predicted octanol–water partition coefficient (Wildman–Crippen LogP) is 2.86. The third-order valence-electron chi connectivity index (χ3n) is 3.76. The second-order valence-corrected chi connectivity index (χ2v) is 5.35. The van der Waals surface area contributed by atoms with Crippen LogP contribution in [0.3, 0.4) is 0 Å². The van der Waals surface area contributed by atoms with E-state index in [1.807, 2.05) is 0 Å². The molecule has 0 spiro atoms. The first kappa shape index (κ1) is 12.6. The number of nitrogens with one attached hydrogen (secondary N) is 1. The van der Waals surface area contributed by atoms with Gasteiger partial charge in [-0.2, -0.15) is 4.98 Å². The lowest BCUT2D eigenvalue weighted by Crippen LogP contribution is -2.24. The summed E-state index contributed by atoms with van der Waals surface area (Å²) in [4.78, 5) is 4.49. The van der Waals surface area contributed by atoms with Crippen molar-refractivity contribution in [2.24, 2.45) is 5.92 Å². The minimum absolute atomic E-state index is 0.497. The number of rotatable bonds is 5. The Morgan fingerprint density at radius 3 is 2.94 bits per heavy atom. The first-order valence-corrected chi connectivity index (χ1v) is 6.75. The van der Waals surface area contributed by atoms with Crippen molar-refractivity contribution in [1.29, 1.82) is 0 Å². The van der Waals surface area contributed by atoms with E-state index in [0.29, 0.717) is 18.5 Å². The Labute approximate surface area is 103 Å². The minimum atomic E-state index is 0.497. The Hall–Kier alpha value is -0.900. The average molecular weight is 237 g/mol. The van der Waals surface area contributed by atoms with Gasteiger partial charge in [-0.3, -0.25) is 0 Å². The van der Waals surface area contributed by atoms with Crippen LogP contribution in [-0.2, 0) is 6.54 Å². The van der Waals surface area contributed by atoms with Gasteiger partial charge >= 0.3 is 0 Å². The third-order valence-corrected chi connectivity index (χ3v) is 3.76. The van der Waals surface area contributed by atoms with E-state index in [4.69, 9.17) is 4.52 Å². The molecule has 3 atom stereocenters. The lowest BCUT2D eigenvalue weighted by atomic mass is 10.1. The van der Waals surface area contributed by atoms with Crippen molar-refractivity contribution in [1.82, 2.24) is 15.5 Å². The topological polar surface area (TPSA) is 51.0 Å². The maximum absolute atomic E-state index is 5.28. The standard InChI is InChI=1S/C13H23N3O/c1-4-10(3)14-8-12-15-13(16-17-12)11-6-5-9(2)7-11/h9-11,14H,4-8H2,1-3H3. The van der Waals surface area contributed by atoms with Gasteiger partial charge in [0, 0.05) is 12.0 Å². The molecule has 1 aliphatic rings. The van der Waals surface area contributed by atoms with Crippen molar-refractivity contribution < 1.29 is 4.52 Å². The van der Waals surface area contributed by atoms with Gasteiger partial charge in [0.1, 0.15) is 0 Å². The van der Waals surface area contributed by atoms with E-state index in [0.717, 1.165) is 24.1 Å². The summed E-state index contributed by atoms with van der Waals surface area (Å²) >= 11 is 0. The molecular weight excluding hydrogens is 214 g/mol. The van der Waals surface area contributed by atoms with Gasteiger partial charge in [0.2, 0.25) is 5.89 Å². The summed E-state index contributed by atoms with van der Waals surface area (Å²) < 4.78 is 5.28. The molecule has 2 rings (SSSR count). The van der Waals surface area contributed by atoms with E-state index >= 15 is 0 Å². The summed E-state index contributed by atoms with van der Waals surface area (Å²) in [6.45, 7) is 7.31. The molecule has 4 heteroatoms. The van der Waals surface area contributed by atoms with E-state index in [1.54, 1.807) is 0 Å². The molecule has 17 heavy (non-hydrogen) atoms. The van der Waals surface area contributed by atoms with Crippen molar-refractivity contribution in [3.63, 3.8) is 0 Å². The van der Waals surface area contributed by atoms with E-state index in [2.05, 4.69) is 36.2 Å². The lowest BCUT2D eigenvalue weighted by Gasteiger charge is -2.07. The molecule has 1 fully saturated rings. The Kier molecular flexibility index (Phi) is 4.15. The van der Waals surface area contributed by atoms with Crippen LogP contribution in [0.15, 0.2) is 4.52 Å². The zero-order valence-corrected chi connectivity index (χ0v) is 11.1. The van der Waals surface area contributed by atoms with Crippen molar-refractivity contribution in [2.75, 3.05) is 0 Å². The van der Waals surface area contributed by atoms with Crippen LogP contribution in [0.2, 0.25) is 0 Å². The van der Waals surface area contributed by atoms with Crippen molar-refractivity contribution >= 4 is 0 Å². The predicted molar refractivity (Wildman–Crippen MR) is 66.6 cm³/mol. The first-order valence-electron chi connectivity index (χ1n) is 6.75. The fourth-order valence-electron chi connectivity index (χ4n) is 2.35. The zero-order chi connectivity index (χ0) is 12.3. The summed E-state index contributed by atoms with van der Waals surface area (Å²) in [6, 6.07) is 0.497. The van der Waals surface area contributed by atoms with Gasteiger partial charge < -0.3 is 9.84 Å². The number of aromatic nitrogens is 2. The number of hydrogen-bond donors (Lipinski definition) is 1. The lowest BCUT2D eigenvalue weighted by molar-refractivity contribution is 0.351. The highest BCUT2D eigenvalue weighted by atomic mass is 16.5. The van der Waals surface area contributed by atoms with Crippen LogP contribution in [0.25, 0.3) is 0 Å². The molecule has 0 amide bonds. The van der Waals surface area contributed by atoms with E-state index in [1.165, 1.54) is 19.3 Å². The van der Waals surface area contributed by atoms with Gasteiger partial charge in [-0.25, -0.2) is 0 Å². The smallest absolute Gasteiger partial charge is 0.240 e. The van der Waals surface area contributed by atoms with Crippen molar-refractivity contribution in [2.45, 2.75) is 65.0 Å². The SMILES string of the molecule is CCC(C)NCc1nc(C2CCC(C)C2)no1. The van der Waals surface area contributed by atoms with Gasteiger partial charge in [0.05, 0.1) is 6.54 Å². The summed E-state index contributed by atoms with van der Waals surface area (Å²) in [5, 5.41) is 7.48. The highest BCUT2D eigenvalue weighted by Crippen LogP contribution is 2.36. The Bertz CT molecular complexity index is 350. The van der Waals surface area contributed by atoms with Crippen LogP contribution in [-0.4, -0.2) is 16.2 Å². The Balaban J connectivity index is 1.87. The molecule has 4 nitrogen and oxygen atoms in total. The van der Waals surface area contributed by atoms with Gasteiger partial charge in [0.15, 0.2) is 5.82 Å². The van der Waals surface area contributed by atoms with Crippen LogP contribution in [0, 0.1) is 5.92 Å². The largest absolute Gasteiger partial charge is 0.338 e. The van der Waals surface area contributed by atoms with Crippen molar-refractivity contribution in [3.8, 4) is 0 Å². The second kappa shape index (κ2) is 5.63. The number of nitrogens with zero attached hydrogens (tertiary/aromatic N) is 2. The van der Waals surface area contributed by atoms with Gasteiger partial charge in [-0.05, 0) is 38.5 Å². The van der Waals surface area contributed by atoms with Crippen LogP contribution >= 0.6 is 0 Å². The maximum atomic E-state index is 5.28. The summed E-state index contributed by atoms with van der Waals surface area (Å²) in [5.74, 6) is 2.96. The normalized spacial score (nSPS) is 26.3. The third kappa shape index (κ3) is 3.28. The molecule has 0 saturated heterocycles. The van der Waals surface area contributed by atoms with E-state index < -0.39 is 0 Å². The monoisotopic (exact) mass is 237 g/mol. The van der Waals surface area contributed by atoms with Gasteiger partial charge in [0.25, 0.3) is 0 Å². The highest BCUT2D eigenvalue weighted by Gasteiger charge is 2.26. The Morgan fingerprint density at radius 1 is 1.47 bits per heavy atom. The molecule has 1 aromatic heterocycles. The molecule has 0 aliphatic heterocycles. The quantitative estimate of drug-likeness (QED) is 0.855. The fourth-order valence-corrected chi connectivity index (χ4v) is 2.35. The van der Waals surface area contributed by atoms with Gasteiger partial charge in [-0.15, -0.1) is 0 Å². The van der Waals surface area contributed by atoms with Crippen LogP contribution in [0.4, 0.5) is 0 Å². The molecule has 1 N–H and O–H groups in total. The Morgan fingerprint density at radius 2 is 2.29 bits per heavy atom. The molecule has 0 bridgehead atoms. The molecule has 96 valence electrons. The molecule has 3 unspecified atom stereocenters. The minimum Gasteiger partial charge on any atom is -0.338 e. The van der Waals surface area contributed by atoms with Crippen molar-refractivity contribution in [3.05, 3.63) is 11.7 Å². The molecule has 1 aliphatic carbocycles.